The first-order valence-electron chi connectivity index (χ1n) is 7.35. The Kier molecular flexibility index (Phi) is 4.61. The molecule has 0 bridgehead atoms. The molecule has 2 aromatic rings. The van der Waals surface area contributed by atoms with E-state index in [-0.39, 0.29) is 12.7 Å². The zero-order valence-corrected chi connectivity index (χ0v) is 12.5. The molecule has 0 radical (unpaired) electrons. The van der Waals surface area contributed by atoms with E-state index in [0.717, 1.165) is 17.3 Å². The first kappa shape index (κ1) is 15.1. The zero-order valence-electron chi connectivity index (χ0n) is 12.5. The van der Waals surface area contributed by atoms with Crippen LogP contribution in [0.5, 0.6) is 0 Å². The fraction of sp³-hybridized carbons (Fsp3) is 0.235. The molecule has 0 aliphatic carbocycles. The van der Waals surface area contributed by atoms with Crippen molar-refractivity contribution < 1.29 is 13.9 Å². The molecule has 118 valence electrons. The predicted molar refractivity (Wildman–Crippen MR) is 82.8 cm³/mol. The average Bonchev–Trinajstić information content (AvgIpc) is 2.61. The Labute approximate surface area is 133 Å². The van der Waals surface area contributed by atoms with E-state index in [1.54, 1.807) is 4.90 Å². The highest BCUT2D eigenvalue weighted by molar-refractivity contribution is 5.71. The van der Waals surface area contributed by atoms with Crippen LogP contribution in [0.4, 0.5) is 9.18 Å². The Morgan fingerprint density at radius 2 is 2.04 bits per heavy atom. The van der Waals surface area contributed by atoms with Gasteiger partial charge in [-0.3, -0.25) is 4.98 Å². The summed E-state index contributed by atoms with van der Waals surface area (Å²) in [5.41, 5.74) is 2.56. The lowest BCUT2D eigenvalue weighted by Gasteiger charge is -2.25. The van der Waals surface area contributed by atoms with Crippen molar-refractivity contribution >= 4 is 11.7 Å². The van der Waals surface area contributed by atoms with Gasteiger partial charge in [-0.05, 0) is 17.6 Å². The van der Waals surface area contributed by atoms with Crippen molar-refractivity contribution in [2.24, 2.45) is 0 Å². The second kappa shape index (κ2) is 7.00. The van der Waals surface area contributed by atoms with Crippen LogP contribution in [0.25, 0.3) is 5.57 Å². The van der Waals surface area contributed by atoms with Crippen molar-refractivity contribution in [3.05, 3.63) is 66.0 Å². The topological polar surface area (TPSA) is 55.3 Å². The number of benzene rings is 1. The van der Waals surface area contributed by atoms with Gasteiger partial charge in [-0.15, -0.1) is 0 Å². The van der Waals surface area contributed by atoms with Gasteiger partial charge in [0.25, 0.3) is 0 Å². The summed E-state index contributed by atoms with van der Waals surface area (Å²) in [5.74, 6) is -0.601. The molecule has 1 aliphatic rings. The van der Waals surface area contributed by atoms with E-state index in [9.17, 15) is 9.18 Å². The minimum absolute atomic E-state index is 0.260. The maximum atomic E-state index is 12.8. The van der Waals surface area contributed by atoms with Crippen LogP contribution in [0.3, 0.4) is 0 Å². The fourth-order valence-corrected chi connectivity index (χ4v) is 2.36. The van der Waals surface area contributed by atoms with Crippen LogP contribution >= 0.6 is 0 Å². The van der Waals surface area contributed by atoms with Crippen molar-refractivity contribution in [2.45, 2.75) is 13.0 Å². The Morgan fingerprint density at radius 1 is 1.22 bits per heavy atom. The summed E-state index contributed by atoms with van der Waals surface area (Å²) < 4.78 is 18.1. The van der Waals surface area contributed by atoms with E-state index < -0.39 is 5.95 Å². The second-order valence-electron chi connectivity index (χ2n) is 5.19. The number of rotatable bonds is 3. The molecule has 0 atom stereocenters. The maximum absolute atomic E-state index is 12.8. The largest absolute Gasteiger partial charge is 0.445 e. The lowest BCUT2D eigenvalue weighted by atomic mass is 10.1. The quantitative estimate of drug-likeness (QED) is 0.874. The van der Waals surface area contributed by atoms with Gasteiger partial charge in [-0.25, -0.2) is 9.78 Å². The van der Waals surface area contributed by atoms with Crippen molar-refractivity contribution in [3.8, 4) is 0 Å². The highest BCUT2D eigenvalue weighted by atomic mass is 19.1. The number of ether oxygens (including phenoxy) is 1. The van der Waals surface area contributed by atoms with Gasteiger partial charge in [-0.1, -0.05) is 36.4 Å². The number of amides is 1. The van der Waals surface area contributed by atoms with E-state index in [0.29, 0.717) is 25.2 Å². The molecule has 2 heterocycles. The van der Waals surface area contributed by atoms with Crippen LogP contribution in [0.2, 0.25) is 0 Å². The molecule has 6 heteroatoms. The normalized spacial score (nSPS) is 14.3. The third-order valence-electron chi connectivity index (χ3n) is 3.62. The molecular weight excluding hydrogens is 297 g/mol. The van der Waals surface area contributed by atoms with Crippen molar-refractivity contribution in [2.75, 3.05) is 13.1 Å². The van der Waals surface area contributed by atoms with Crippen LogP contribution in [0.1, 0.15) is 17.7 Å². The Balaban J connectivity index is 1.55. The lowest BCUT2D eigenvalue weighted by molar-refractivity contribution is 0.0998. The van der Waals surface area contributed by atoms with Gasteiger partial charge in [0.15, 0.2) is 0 Å². The molecule has 23 heavy (non-hydrogen) atoms. The van der Waals surface area contributed by atoms with Crippen LogP contribution in [-0.4, -0.2) is 34.1 Å². The summed E-state index contributed by atoms with van der Waals surface area (Å²) in [6, 6.07) is 9.55. The monoisotopic (exact) mass is 313 g/mol. The first-order chi connectivity index (χ1) is 11.2. The summed E-state index contributed by atoms with van der Waals surface area (Å²) in [6.07, 6.45) is 4.70. The first-order valence-corrected chi connectivity index (χ1v) is 7.35. The van der Waals surface area contributed by atoms with Crippen LogP contribution in [0, 0.1) is 5.95 Å². The lowest BCUT2D eigenvalue weighted by Crippen LogP contribution is -2.35. The third-order valence-corrected chi connectivity index (χ3v) is 3.62. The second-order valence-corrected chi connectivity index (χ2v) is 5.19. The summed E-state index contributed by atoms with van der Waals surface area (Å²) in [7, 11) is 0. The SMILES string of the molecule is O=C(OCc1ccccc1)N1CC=C(c2cnc(F)cn2)CC1. The van der Waals surface area contributed by atoms with E-state index in [4.69, 9.17) is 4.74 Å². The van der Waals surface area contributed by atoms with Gasteiger partial charge in [0, 0.05) is 13.1 Å². The molecule has 1 aromatic carbocycles. The molecule has 0 saturated carbocycles. The number of halogens is 1. The van der Waals surface area contributed by atoms with Gasteiger partial charge in [0.05, 0.1) is 18.1 Å². The van der Waals surface area contributed by atoms with Gasteiger partial charge in [-0.2, -0.15) is 4.39 Å². The number of hydrogen-bond donors (Lipinski definition) is 0. The van der Waals surface area contributed by atoms with Crippen molar-refractivity contribution in [1.82, 2.24) is 14.9 Å². The van der Waals surface area contributed by atoms with Gasteiger partial charge in [0.1, 0.15) is 6.61 Å². The summed E-state index contributed by atoms with van der Waals surface area (Å²) in [4.78, 5) is 21.3. The maximum Gasteiger partial charge on any atom is 0.410 e. The van der Waals surface area contributed by atoms with Crippen LogP contribution in [-0.2, 0) is 11.3 Å². The molecule has 1 amide bonds. The summed E-state index contributed by atoms with van der Waals surface area (Å²) in [6.45, 7) is 1.25. The van der Waals surface area contributed by atoms with E-state index in [2.05, 4.69) is 9.97 Å². The van der Waals surface area contributed by atoms with Crippen LogP contribution < -0.4 is 0 Å². The highest BCUT2D eigenvalue weighted by Crippen LogP contribution is 2.20. The molecule has 5 nitrogen and oxygen atoms in total. The van der Waals surface area contributed by atoms with Crippen molar-refractivity contribution in [1.29, 1.82) is 0 Å². The van der Waals surface area contributed by atoms with E-state index >= 15 is 0 Å². The number of nitrogens with zero attached hydrogens (tertiary/aromatic N) is 3. The summed E-state index contributed by atoms with van der Waals surface area (Å²) in [5, 5.41) is 0. The Morgan fingerprint density at radius 3 is 2.70 bits per heavy atom. The molecule has 0 spiro atoms. The van der Waals surface area contributed by atoms with Crippen LogP contribution in [0.15, 0.2) is 48.8 Å². The standard InChI is InChI=1S/C17H16FN3O2/c18-16-11-19-15(10-20-16)14-6-8-21(9-7-14)17(22)23-12-13-4-2-1-3-5-13/h1-6,10-11H,7-9,12H2. The molecule has 0 fully saturated rings. The van der Waals surface area contributed by atoms with E-state index in [1.807, 2.05) is 36.4 Å². The predicted octanol–water partition coefficient (Wildman–Crippen LogP) is 3.04. The van der Waals surface area contributed by atoms with E-state index in [1.165, 1.54) is 6.20 Å². The number of aromatic nitrogens is 2. The van der Waals surface area contributed by atoms with Gasteiger partial charge in [0.2, 0.25) is 5.95 Å². The molecule has 0 N–H and O–H groups in total. The van der Waals surface area contributed by atoms with Gasteiger partial charge < -0.3 is 9.64 Å². The molecule has 0 saturated heterocycles. The zero-order chi connectivity index (χ0) is 16.1. The fourth-order valence-electron chi connectivity index (χ4n) is 2.36. The molecular formula is C17H16FN3O2. The smallest absolute Gasteiger partial charge is 0.410 e. The third kappa shape index (κ3) is 3.91. The van der Waals surface area contributed by atoms with Gasteiger partial charge >= 0.3 is 6.09 Å². The highest BCUT2D eigenvalue weighted by Gasteiger charge is 2.19. The Hall–Kier alpha value is -2.76. The number of carbonyl (C=O) groups is 1. The number of hydrogen-bond acceptors (Lipinski definition) is 4. The molecule has 1 aliphatic heterocycles. The van der Waals surface area contributed by atoms with Crippen molar-refractivity contribution in [3.63, 3.8) is 0 Å². The molecule has 0 unspecified atom stereocenters. The summed E-state index contributed by atoms with van der Waals surface area (Å²) >= 11 is 0. The minimum Gasteiger partial charge on any atom is -0.445 e. The molecule has 3 rings (SSSR count). The average molecular weight is 313 g/mol. The Bertz CT molecular complexity index is 702. The number of carbonyl (C=O) groups excluding carboxylic acids is 1. The minimum atomic E-state index is -0.601. The molecule has 1 aromatic heterocycles.